The van der Waals surface area contributed by atoms with Gasteiger partial charge in [0.15, 0.2) is 11.5 Å². The smallest absolute Gasteiger partial charge is 0.174 e. The number of ether oxygens (including phenoxy) is 2. The van der Waals surface area contributed by atoms with Crippen LogP contribution in [-0.4, -0.2) is 18.7 Å². The summed E-state index contributed by atoms with van der Waals surface area (Å²) >= 11 is 5.30. The van der Waals surface area contributed by atoms with Gasteiger partial charge in [-0.3, -0.25) is 0 Å². The molecule has 0 aliphatic heterocycles. The molecule has 4 nitrogen and oxygen atoms in total. The van der Waals surface area contributed by atoms with E-state index in [4.69, 9.17) is 14.5 Å². The van der Waals surface area contributed by atoms with Crippen molar-refractivity contribution in [1.82, 2.24) is 4.98 Å². The van der Waals surface area contributed by atoms with Gasteiger partial charge < -0.3 is 14.8 Å². The first-order valence-electron chi connectivity index (χ1n) is 9.78. The van der Waals surface area contributed by atoms with Crippen molar-refractivity contribution in [2.24, 2.45) is 0 Å². The largest absolute Gasteiger partial charge is 0.492 e. The number of hydrogen-bond acceptors (Lipinski definition) is 5. The van der Waals surface area contributed by atoms with Gasteiger partial charge in [-0.2, -0.15) is 0 Å². The van der Waals surface area contributed by atoms with E-state index in [0.29, 0.717) is 13.2 Å². The summed E-state index contributed by atoms with van der Waals surface area (Å²) in [5.41, 5.74) is 5.61. The lowest BCUT2D eigenvalue weighted by Crippen LogP contribution is -2.02. The first-order chi connectivity index (χ1) is 14.6. The van der Waals surface area contributed by atoms with E-state index in [-0.39, 0.29) is 0 Å². The Bertz CT molecular complexity index is 1170. The number of hydrogen-bond donors (Lipinski definition) is 1. The second kappa shape index (κ2) is 9.06. The van der Waals surface area contributed by atoms with E-state index in [0.717, 1.165) is 43.3 Å². The highest BCUT2D eigenvalue weighted by molar-refractivity contribution is 9.10. The van der Waals surface area contributed by atoms with Crippen LogP contribution in [0.3, 0.4) is 0 Å². The lowest BCUT2D eigenvalue weighted by Gasteiger charge is -2.14. The van der Waals surface area contributed by atoms with Crippen LogP contribution in [-0.2, 0) is 6.54 Å². The van der Waals surface area contributed by atoms with Gasteiger partial charge >= 0.3 is 0 Å². The lowest BCUT2D eigenvalue weighted by atomic mass is 10.1. The van der Waals surface area contributed by atoms with Crippen molar-refractivity contribution in [2.45, 2.75) is 20.4 Å². The Hall–Kier alpha value is -2.57. The fourth-order valence-corrected chi connectivity index (χ4v) is 5.00. The minimum atomic E-state index is 0.590. The third-order valence-electron chi connectivity index (χ3n) is 4.75. The van der Waals surface area contributed by atoms with Crippen LogP contribution in [0.4, 0.5) is 5.69 Å². The number of methoxy groups -OCH3 is 1. The Labute approximate surface area is 189 Å². The average Bonchev–Trinajstić information content (AvgIpc) is 3.16. The van der Waals surface area contributed by atoms with Gasteiger partial charge in [-0.05, 0) is 89.4 Å². The molecule has 0 unspecified atom stereocenters. The molecule has 30 heavy (non-hydrogen) atoms. The summed E-state index contributed by atoms with van der Waals surface area (Å²) in [5.74, 6) is 1.46. The molecular formula is C24H23BrN2O2S. The highest BCUT2D eigenvalue weighted by Crippen LogP contribution is 2.37. The van der Waals surface area contributed by atoms with Crippen molar-refractivity contribution < 1.29 is 9.47 Å². The number of benzene rings is 3. The molecule has 1 aromatic heterocycles. The minimum Gasteiger partial charge on any atom is -0.492 e. The number of fused-ring (bicyclic) bond motifs is 1. The first kappa shape index (κ1) is 20.7. The van der Waals surface area contributed by atoms with E-state index in [1.54, 1.807) is 18.4 Å². The summed E-state index contributed by atoms with van der Waals surface area (Å²) in [6, 6.07) is 18.9. The number of halogens is 1. The summed E-state index contributed by atoms with van der Waals surface area (Å²) < 4.78 is 13.3. The lowest BCUT2D eigenvalue weighted by molar-refractivity contribution is 0.309. The maximum absolute atomic E-state index is 5.71. The second-order valence-corrected chi connectivity index (χ2v) is 8.85. The molecule has 0 saturated carbocycles. The number of nitrogens with zero attached hydrogens (tertiary/aromatic N) is 1. The fourth-order valence-electron chi connectivity index (χ4n) is 3.27. The molecule has 0 radical (unpaired) electrons. The zero-order chi connectivity index (χ0) is 21.1. The van der Waals surface area contributed by atoms with Crippen molar-refractivity contribution >= 4 is 43.2 Å². The molecule has 0 atom stereocenters. The predicted molar refractivity (Wildman–Crippen MR) is 129 cm³/mol. The van der Waals surface area contributed by atoms with Gasteiger partial charge in [0.2, 0.25) is 0 Å². The molecular weight excluding hydrogens is 460 g/mol. The Balaban J connectivity index is 1.48. The van der Waals surface area contributed by atoms with Crippen LogP contribution in [0.15, 0.2) is 59.1 Å². The topological polar surface area (TPSA) is 43.4 Å². The molecule has 154 valence electrons. The van der Waals surface area contributed by atoms with Gasteiger partial charge in [0.25, 0.3) is 0 Å². The Kier molecular flexibility index (Phi) is 6.25. The molecule has 0 fully saturated rings. The Morgan fingerprint density at radius 3 is 2.60 bits per heavy atom. The number of aryl methyl sites for hydroxylation is 1. The second-order valence-electron chi connectivity index (χ2n) is 6.96. The van der Waals surface area contributed by atoms with Crippen LogP contribution < -0.4 is 14.8 Å². The molecule has 0 aliphatic rings. The van der Waals surface area contributed by atoms with Crippen LogP contribution in [0.25, 0.3) is 20.8 Å². The van der Waals surface area contributed by atoms with E-state index in [1.807, 2.05) is 19.1 Å². The number of thiazole rings is 1. The molecule has 1 heterocycles. The van der Waals surface area contributed by atoms with Crippen molar-refractivity contribution in [1.29, 1.82) is 0 Å². The maximum atomic E-state index is 5.71. The third-order valence-corrected chi connectivity index (χ3v) is 6.40. The molecule has 1 N–H and O–H groups in total. The van der Waals surface area contributed by atoms with Gasteiger partial charge in [0.1, 0.15) is 5.01 Å². The van der Waals surface area contributed by atoms with Gasteiger partial charge in [0.05, 0.1) is 28.4 Å². The van der Waals surface area contributed by atoms with Gasteiger partial charge in [-0.1, -0.05) is 6.07 Å². The molecule has 0 bridgehead atoms. The molecule has 3 aromatic carbocycles. The van der Waals surface area contributed by atoms with Crippen LogP contribution in [0.1, 0.15) is 18.1 Å². The monoisotopic (exact) mass is 482 g/mol. The van der Waals surface area contributed by atoms with Gasteiger partial charge in [-0.15, -0.1) is 11.3 Å². The molecule has 4 rings (SSSR count). The summed E-state index contributed by atoms with van der Waals surface area (Å²) in [7, 11) is 1.65. The summed E-state index contributed by atoms with van der Waals surface area (Å²) in [4.78, 5) is 4.77. The SMILES string of the molecule is CCOc1cc(CNc2ccc(-c3nc4ccc(C)cc4s3)cc2)cc(Br)c1OC. The van der Waals surface area contributed by atoms with Crippen LogP contribution in [0, 0.1) is 6.92 Å². The van der Waals surface area contributed by atoms with Gasteiger partial charge in [-0.25, -0.2) is 4.98 Å². The Morgan fingerprint density at radius 1 is 1.07 bits per heavy atom. The fraction of sp³-hybridized carbons (Fsp3) is 0.208. The van der Waals surface area contributed by atoms with E-state index in [9.17, 15) is 0 Å². The summed E-state index contributed by atoms with van der Waals surface area (Å²) in [5, 5.41) is 4.52. The van der Waals surface area contributed by atoms with E-state index < -0.39 is 0 Å². The van der Waals surface area contributed by atoms with Crippen LogP contribution in [0.2, 0.25) is 0 Å². The number of rotatable bonds is 7. The number of nitrogens with one attached hydrogen (secondary N) is 1. The van der Waals surface area contributed by atoms with Crippen molar-refractivity contribution in [3.8, 4) is 22.1 Å². The quantitative estimate of drug-likeness (QED) is 0.306. The van der Waals surface area contributed by atoms with Crippen molar-refractivity contribution in [2.75, 3.05) is 19.0 Å². The van der Waals surface area contributed by atoms with Crippen LogP contribution >= 0.6 is 27.3 Å². The van der Waals surface area contributed by atoms with Crippen molar-refractivity contribution in [3.63, 3.8) is 0 Å². The molecule has 6 heteroatoms. The summed E-state index contributed by atoms with van der Waals surface area (Å²) in [6.07, 6.45) is 0. The molecule has 4 aromatic rings. The first-order valence-corrected chi connectivity index (χ1v) is 11.4. The Morgan fingerprint density at radius 2 is 1.87 bits per heavy atom. The third kappa shape index (κ3) is 4.45. The minimum absolute atomic E-state index is 0.590. The zero-order valence-electron chi connectivity index (χ0n) is 17.2. The number of aromatic nitrogens is 1. The van der Waals surface area contributed by atoms with E-state index >= 15 is 0 Å². The molecule has 0 aliphatic carbocycles. The van der Waals surface area contributed by atoms with E-state index in [1.165, 1.54) is 10.3 Å². The highest BCUT2D eigenvalue weighted by atomic mass is 79.9. The maximum Gasteiger partial charge on any atom is 0.174 e. The highest BCUT2D eigenvalue weighted by Gasteiger charge is 2.11. The van der Waals surface area contributed by atoms with Crippen molar-refractivity contribution in [3.05, 3.63) is 70.2 Å². The molecule has 0 saturated heterocycles. The predicted octanol–water partition coefficient (Wildman–Crippen LogP) is 7.05. The zero-order valence-corrected chi connectivity index (χ0v) is 19.6. The molecule has 0 amide bonds. The van der Waals surface area contributed by atoms with E-state index in [2.05, 4.69) is 70.6 Å². The standard InChI is InChI=1S/C24H23BrN2O2S/c1-4-29-21-13-16(12-19(25)23(21)28-3)14-26-18-8-6-17(7-9-18)24-27-20-10-5-15(2)11-22(20)30-24/h5-13,26H,4,14H2,1-3H3. The average molecular weight is 483 g/mol. The summed E-state index contributed by atoms with van der Waals surface area (Å²) in [6.45, 7) is 5.35. The van der Waals surface area contributed by atoms with Gasteiger partial charge in [0, 0.05) is 17.8 Å². The number of anilines is 1. The van der Waals surface area contributed by atoms with Crippen LogP contribution in [0.5, 0.6) is 11.5 Å². The molecule has 0 spiro atoms. The normalized spacial score (nSPS) is 10.9.